The third kappa shape index (κ3) is 2.80. The number of thiophene rings is 1. The lowest BCUT2D eigenvalue weighted by Gasteiger charge is -2.28. The SMILES string of the molecule is CCNCc1ccnc(N2CCc3sccc3C2)c1. The number of nitrogens with zero attached hydrogens (tertiary/aromatic N) is 2. The molecule has 1 aliphatic heterocycles. The number of anilines is 1. The molecule has 0 aromatic carbocycles. The number of rotatable bonds is 4. The normalized spacial score (nSPS) is 14.5. The molecule has 0 saturated carbocycles. The van der Waals surface area contributed by atoms with Gasteiger partial charge in [0.15, 0.2) is 0 Å². The van der Waals surface area contributed by atoms with Gasteiger partial charge in [-0.25, -0.2) is 4.98 Å². The number of pyridine rings is 1. The van der Waals surface area contributed by atoms with Crippen LogP contribution in [-0.2, 0) is 19.5 Å². The zero-order valence-electron chi connectivity index (χ0n) is 11.2. The van der Waals surface area contributed by atoms with Crippen molar-refractivity contribution in [3.05, 3.63) is 45.8 Å². The fraction of sp³-hybridized carbons (Fsp3) is 0.400. The Hall–Kier alpha value is -1.39. The van der Waals surface area contributed by atoms with Crippen LogP contribution in [0.5, 0.6) is 0 Å². The maximum Gasteiger partial charge on any atom is 0.129 e. The number of hydrogen-bond donors (Lipinski definition) is 1. The van der Waals surface area contributed by atoms with Crippen molar-refractivity contribution in [2.24, 2.45) is 0 Å². The molecule has 2 aromatic heterocycles. The Balaban J connectivity index is 1.76. The number of hydrogen-bond acceptors (Lipinski definition) is 4. The van der Waals surface area contributed by atoms with E-state index in [1.807, 2.05) is 17.5 Å². The van der Waals surface area contributed by atoms with Crippen LogP contribution in [0.4, 0.5) is 5.82 Å². The van der Waals surface area contributed by atoms with E-state index in [0.717, 1.165) is 38.4 Å². The third-order valence-corrected chi connectivity index (χ3v) is 4.54. The van der Waals surface area contributed by atoms with Crippen molar-refractivity contribution >= 4 is 17.2 Å². The Morgan fingerprint density at radius 1 is 1.42 bits per heavy atom. The summed E-state index contributed by atoms with van der Waals surface area (Å²) in [6, 6.07) is 6.54. The summed E-state index contributed by atoms with van der Waals surface area (Å²) in [5.41, 5.74) is 2.78. The molecule has 0 bridgehead atoms. The van der Waals surface area contributed by atoms with Crippen LogP contribution >= 0.6 is 11.3 Å². The predicted molar refractivity (Wildman–Crippen MR) is 80.7 cm³/mol. The van der Waals surface area contributed by atoms with Crippen molar-refractivity contribution in [3.63, 3.8) is 0 Å². The van der Waals surface area contributed by atoms with Gasteiger partial charge in [-0.15, -0.1) is 11.3 Å². The van der Waals surface area contributed by atoms with Gasteiger partial charge in [0, 0.05) is 30.7 Å². The molecular formula is C15H19N3S. The zero-order valence-corrected chi connectivity index (χ0v) is 12.0. The summed E-state index contributed by atoms with van der Waals surface area (Å²) >= 11 is 1.88. The second-order valence-corrected chi connectivity index (χ2v) is 5.84. The molecule has 0 radical (unpaired) electrons. The maximum absolute atomic E-state index is 4.53. The standard InChI is InChI=1S/C15H19N3S/c1-2-16-10-12-3-6-17-15(9-12)18-7-4-14-13(11-18)5-8-19-14/h3,5-6,8-9,16H,2,4,7,10-11H2,1H3. The Morgan fingerprint density at radius 3 is 3.26 bits per heavy atom. The lowest BCUT2D eigenvalue weighted by Crippen LogP contribution is -2.30. The van der Waals surface area contributed by atoms with Gasteiger partial charge in [0.1, 0.15) is 5.82 Å². The van der Waals surface area contributed by atoms with E-state index in [2.05, 4.69) is 45.7 Å². The van der Waals surface area contributed by atoms with Gasteiger partial charge in [-0.05, 0) is 47.7 Å². The van der Waals surface area contributed by atoms with Crippen molar-refractivity contribution < 1.29 is 0 Å². The Labute approximate surface area is 118 Å². The fourth-order valence-corrected chi connectivity index (χ4v) is 3.35. The largest absolute Gasteiger partial charge is 0.352 e. The molecule has 1 N–H and O–H groups in total. The molecule has 0 aliphatic carbocycles. The Bertz CT molecular complexity index is 550. The van der Waals surface area contributed by atoms with Crippen LogP contribution in [0.2, 0.25) is 0 Å². The third-order valence-electron chi connectivity index (χ3n) is 3.52. The van der Waals surface area contributed by atoms with Gasteiger partial charge in [0.05, 0.1) is 0 Å². The molecular weight excluding hydrogens is 254 g/mol. The highest BCUT2D eigenvalue weighted by molar-refractivity contribution is 7.10. The molecule has 3 rings (SSSR count). The average molecular weight is 273 g/mol. The highest BCUT2D eigenvalue weighted by Crippen LogP contribution is 2.27. The number of nitrogens with one attached hydrogen (secondary N) is 1. The van der Waals surface area contributed by atoms with Crippen molar-refractivity contribution in [3.8, 4) is 0 Å². The quantitative estimate of drug-likeness (QED) is 0.928. The summed E-state index contributed by atoms with van der Waals surface area (Å²) < 4.78 is 0. The molecule has 0 atom stereocenters. The average Bonchev–Trinajstić information content (AvgIpc) is 2.92. The zero-order chi connectivity index (χ0) is 13.1. The van der Waals surface area contributed by atoms with E-state index in [4.69, 9.17) is 0 Å². The molecule has 4 heteroatoms. The van der Waals surface area contributed by atoms with Gasteiger partial charge < -0.3 is 10.2 Å². The second kappa shape index (κ2) is 5.72. The summed E-state index contributed by atoms with van der Waals surface area (Å²) in [7, 11) is 0. The van der Waals surface area contributed by atoms with Crippen molar-refractivity contribution in [1.29, 1.82) is 0 Å². The predicted octanol–water partition coefficient (Wildman–Crippen LogP) is 2.82. The minimum absolute atomic E-state index is 0.920. The van der Waals surface area contributed by atoms with Gasteiger partial charge in [0.25, 0.3) is 0 Å². The monoisotopic (exact) mass is 273 g/mol. The van der Waals surface area contributed by atoms with Crippen LogP contribution in [0.3, 0.4) is 0 Å². The molecule has 0 fully saturated rings. The molecule has 0 saturated heterocycles. The first kappa shape index (κ1) is 12.6. The smallest absolute Gasteiger partial charge is 0.129 e. The van der Waals surface area contributed by atoms with Crippen LogP contribution in [0.25, 0.3) is 0 Å². The maximum atomic E-state index is 4.53. The highest BCUT2D eigenvalue weighted by atomic mass is 32.1. The number of aromatic nitrogens is 1. The van der Waals surface area contributed by atoms with Gasteiger partial charge in [-0.2, -0.15) is 0 Å². The van der Waals surface area contributed by atoms with E-state index < -0.39 is 0 Å². The van der Waals surface area contributed by atoms with E-state index in [1.165, 1.54) is 11.1 Å². The van der Waals surface area contributed by atoms with E-state index in [0.29, 0.717) is 0 Å². The minimum Gasteiger partial charge on any atom is -0.352 e. The fourth-order valence-electron chi connectivity index (χ4n) is 2.46. The summed E-state index contributed by atoms with van der Waals surface area (Å²) in [5.74, 6) is 1.10. The Morgan fingerprint density at radius 2 is 2.37 bits per heavy atom. The Kier molecular flexibility index (Phi) is 3.80. The molecule has 19 heavy (non-hydrogen) atoms. The summed E-state index contributed by atoms with van der Waals surface area (Å²) in [5, 5.41) is 5.56. The molecule has 0 spiro atoms. The van der Waals surface area contributed by atoms with Crippen molar-refractivity contribution in [2.45, 2.75) is 26.4 Å². The van der Waals surface area contributed by atoms with Crippen LogP contribution in [0.1, 0.15) is 22.9 Å². The molecule has 100 valence electrons. The number of fused-ring (bicyclic) bond motifs is 1. The lowest BCUT2D eigenvalue weighted by atomic mass is 10.1. The summed E-state index contributed by atoms with van der Waals surface area (Å²) in [4.78, 5) is 8.45. The van der Waals surface area contributed by atoms with Crippen LogP contribution < -0.4 is 10.2 Å². The lowest BCUT2D eigenvalue weighted by molar-refractivity contribution is 0.714. The van der Waals surface area contributed by atoms with Crippen LogP contribution in [0, 0.1) is 0 Å². The van der Waals surface area contributed by atoms with Crippen molar-refractivity contribution in [2.75, 3.05) is 18.0 Å². The van der Waals surface area contributed by atoms with E-state index in [1.54, 1.807) is 4.88 Å². The van der Waals surface area contributed by atoms with Crippen molar-refractivity contribution in [1.82, 2.24) is 10.3 Å². The van der Waals surface area contributed by atoms with Crippen LogP contribution in [0.15, 0.2) is 29.8 Å². The van der Waals surface area contributed by atoms with Gasteiger partial charge in [0.2, 0.25) is 0 Å². The molecule has 1 aliphatic rings. The van der Waals surface area contributed by atoms with Gasteiger partial charge >= 0.3 is 0 Å². The molecule has 0 amide bonds. The minimum atomic E-state index is 0.920. The molecule has 0 unspecified atom stereocenters. The van der Waals surface area contributed by atoms with E-state index in [9.17, 15) is 0 Å². The summed E-state index contributed by atoms with van der Waals surface area (Å²) in [6.07, 6.45) is 3.07. The van der Waals surface area contributed by atoms with Gasteiger partial charge in [-0.1, -0.05) is 6.92 Å². The van der Waals surface area contributed by atoms with E-state index in [-0.39, 0.29) is 0 Å². The molecule has 2 aromatic rings. The first-order valence-corrected chi connectivity index (χ1v) is 7.70. The summed E-state index contributed by atoms with van der Waals surface area (Å²) in [6.45, 7) is 6.12. The van der Waals surface area contributed by atoms with Gasteiger partial charge in [-0.3, -0.25) is 0 Å². The van der Waals surface area contributed by atoms with Crippen LogP contribution in [-0.4, -0.2) is 18.1 Å². The topological polar surface area (TPSA) is 28.2 Å². The second-order valence-electron chi connectivity index (χ2n) is 4.84. The first-order chi connectivity index (χ1) is 9.36. The molecule has 3 nitrogen and oxygen atoms in total. The van der Waals surface area contributed by atoms with E-state index >= 15 is 0 Å². The first-order valence-electron chi connectivity index (χ1n) is 6.82. The highest BCUT2D eigenvalue weighted by Gasteiger charge is 2.18. The molecule has 3 heterocycles.